The smallest absolute Gasteiger partial charge is 0.187 e. The number of rotatable bonds is 3. The molecule has 1 aliphatic carbocycles. The minimum atomic E-state index is 0.485. The van der Waals surface area contributed by atoms with Crippen LogP contribution in [0.15, 0.2) is 29.4 Å². The Morgan fingerprint density at radius 3 is 2.65 bits per heavy atom. The SMILES string of the molecule is Cc1ccc(/C=N\NC(=S)N[C@@H]2CCCC[C@H]2C)cc1. The number of aryl methyl sites for hydroxylation is 1. The van der Waals surface area contributed by atoms with Gasteiger partial charge in [-0.15, -0.1) is 0 Å². The zero-order valence-corrected chi connectivity index (χ0v) is 13.0. The van der Waals surface area contributed by atoms with E-state index in [0.29, 0.717) is 17.1 Å². The van der Waals surface area contributed by atoms with Crippen molar-refractivity contribution < 1.29 is 0 Å². The van der Waals surface area contributed by atoms with Gasteiger partial charge in [-0.2, -0.15) is 5.10 Å². The fourth-order valence-electron chi connectivity index (χ4n) is 2.55. The standard InChI is InChI=1S/C16H23N3S/c1-12-7-9-14(10-8-12)11-17-19-16(20)18-15-6-4-3-5-13(15)2/h7-11,13,15H,3-6H2,1-2H3,(H2,18,19,20)/b17-11-/t13-,15-/m1/s1. The van der Waals surface area contributed by atoms with E-state index in [4.69, 9.17) is 12.2 Å². The lowest BCUT2D eigenvalue weighted by atomic mass is 9.86. The fourth-order valence-corrected chi connectivity index (χ4v) is 2.75. The van der Waals surface area contributed by atoms with Crippen molar-refractivity contribution in [3.63, 3.8) is 0 Å². The fraction of sp³-hybridized carbons (Fsp3) is 0.500. The number of nitrogens with one attached hydrogen (secondary N) is 2. The Balaban J connectivity index is 1.78. The molecule has 3 nitrogen and oxygen atoms in total. The molecular weight excluding hydrogens is 266 g/mol. The molecule has 0 aromatic heterocycles. The Morgan fingerprint density at radius 2 is 1.95 bits per heavy atom. The van der Waals surface area contributed by atoms with Crippen LogP contribution >= 0.6 is 12.2 Å². The molecule has 1 aliphatic rings. The molecular formula is C16H23N3S. The van der Waals surface area contributed by atoms with Gasteiger partial charge in [0, 0.05) is 6.04 Å². The molecule has 1 aromatic carbocycles. The van der Waals surface area contributed by atoms with Gasteiger partial charge in [-0.1, -0.05) is 49.6 Å². The Hall–Kier alpha value is -1.42. The van der Waals surface area contributed by atoms with Gasteiger partial charge in [0.25, 0.3) is 0 Å². The molecule has 108 valence electrons. The van der Waals surface area contributed by atoms with Crippen molar-refractivity contribution in [2.75, 3.05) is 0 Å². The van der Waals surface area contributed by atoms with Crippen molar-refractivity contribution in [3.8, 4) is 0 Å². The molecule has 20 heavy (non-hydrogen) atoms. The average Bonchev–Trinajstić information content (AvgIpc) is 2.44. The van der Waals surface area contributed by atoms with Crippen LogP contribution in [0.2, 0.25) is 0 Å². The molecule has 4 heteroatoms. The van der Waals surface area contributed by atoms with E-state index in [2.05, 4.69) is 41.8 Å². The predicted molar refractivity (Wildman–Crippen MR) is 89.1 cm³/mol. The van der Waals surface area contributed by atoms with Gasteiger partial charge in [0.2, 0.25) is 0 Å². The molecule has 0 saturated heterocycles. The van der Waals surface area contributed by atoms with Gasteiger partial charge >= 0.3 is 0 Å². The molecule has 0 spiro atoms. The molecule has 0 unspecified atom stereocenters. The van der Waals surface area contributed by atoms with Crippen molar-refractivity contribution in [2.45, 2.75) is 45.6 Å². The van der Waals surface area contributed by atoms with E-state index in [0.717, 1.165) is 5.56 Å². The van der Waals surface area contributed by atoms with Crippen LogP contribution in [-0.2, 0) is 0 Å². The molecule has 1 saturated carbocycles. The molecule has 2 N–H and O–H groups in total. The van der Waals surface area contributed by atoms with E-state index in [1.807, 2.05) is 12.1 Å². The summed E-state index contributed by atoms with van der Waals surface area (Å²) in [5, 5.41) is 8.17. The number of hydrogen-bond acceptors (Lipinski definition) is 2. The third kappa shape index (κ3) is 4.60. The maximum absolute atomic E-state index is 5.29. The highest BCUT2D eigenvalue weighted by molar-refractivity contribution is 7.80. The lowest BCUT2D eigenvalue weighted by molar-refractivity contribution is 0.308. The zero-order chi connectivity index (χ0) is 14.4. The first-order chi connectivity index (χ1) is 9.65. The third-order valence-electron chi connectivity index (χ3n) is 3.89. The summed E-state index contributed by atoms with van der Waals surface area (Å²) in [6, 6.07) is 8.71. The largest absolute Gasteiger partial charge is 0.358 e. The van der Waals surface area contributed by atoms with E-state index >= 15 is 0 Å². The molecule has 0 bridgehead atoms. The van der Waals surface area contributed by atoms with Crippen LogP contribution in [0, 0.1) is 12.8 Å². The van der Waals surface area contributed by atoms with E-state index in [9.17, 15) is 0 Å². The maximum Gasteiger partial charge on any atom is 0.187 e. The summed E-state index contributed by atoms with van der Waals surface area (Å²) in [5.41, 5.74) is 5.22. The van der Waals surface area contributed by atoms with Crippen LogP contribution in [0.25, 0.3) is 0 Å². The van der Waals surface area contributed by atoms with Gasteiger partial charge in [-0.3, -0.25) is 5.43 Å². The summed E-state index contributed by atoms with van der Waals surface area (Å²) in [5.74, 6) is 0.685. The average molecular weight is 289 g/mol. The van der Waals surface area contributed by atoms with Crippen molar-refractivity contribution in [1.29, 1.82) is 0 Å². The molecule has 0 amide bonds. The molecule has 0 radical (unpaired) electrons. The van der Waals surface area contributed by atoms with Crippen LogP contribution in [0.3, 0.4) is 0 Å². The minimum Gasteiger partial charge on any atom is -0.358 e. The lowest BCUT2D eigenvalue weighted by Gasteiger charge is -2.30. The molecule has 2 atom stereocenters. The maximum atomic E-state index is 5.29. The lowest BCUT2D eigenvalue weighted by Crippen LogP contribution is -2.44. The second-order valence-electron chi connectivity index (χ2n) is 5.62. The van der Waals surface area contributed by atoms with Gasteiger partial charge in [0.15, 0.2) is 5.11 Å². The normalized spacial score (nSPS) is 22.7. The Bertz CT molecular complexity index is 467. The van der Waals surface area contributed by atoms with Gasteiger partial charge in [-0.25, -0.2) is 0 Å². The van der Waals surface area contributed by atoms with E-state index < -0.39 is 0 Å². The number of thiocarbonyl (C=S) groups is 1. The first-order valence-corrected chi connectivity index (χ1v) is 7.72. The van der Waals surface area contributed by atoms with Crippen LogP contribution in [0.5, 0.6) is 0 Å². The van der Waals surface area contributed by atoms with Gasteiger partial charge in [-0.05, 0) is 43.5 Å². The topological polar surface area (TPSA) is 36.4 Å². The highest BCUT2D eigenvalue weighted by Gasteiger charge is 2.21. The van der Waals surface area contributed by atoms with Crippen LogP contribution in [0.1, 0.15) is 43.7 Å². The second-order valence-corrected chi connectivity index (χ2v) is 6.03. The summed E-state index contributed by atoms with van der Waals surface area (Å²) in [7, 11) is 0. The molecule has 2 rings (SSSR count). The summed E-state index contributed by atoms with van der Waals surface area (Å²) >= 11 is 5.29. The number of benzene rings is 1. The van der Waals surface area contributed by atoms with Crippen molar-refractivity contribution in [2.24, 2.45) is 11.0 Å². The summed E-state index contributed by atoms with van der Waals surface area (Å²) in [4.78, 5) is 0. The molecule has 0 aliphatic heterocycles. The third-order valence-corrected chi connectivity index (χ3v) is 4.09. The van der Waals surface area contributed by atoms with Gasteiger partial charge in [0.1, 0.15) is 0 Å². The van der Waals surface area contributed by atoms with E-state index in [1.54, 1.807) is 6.21 Å². The van der Waals surface area contributed by atoms with Crippen molar-refractivity contribution in [1.82, 2.24) is 10.7 Å². The molecule has 1 aromatic rings. The van der Waals surface area contributed by atoms with Crippen molar-refractivity contribution >= 4 is 23.5 Å². The molecule has 1 fully saturated rings. The Labute approximate surface area is 126 Å². The van der Waals surface area contributed by atoms with E-state index in [-0.39, 0.29) is 0 Å². The van der Waals surface area contributed by atoms with Gasteiger partial charge < -0.3 is 5.32 Å². The van der Waals surface area contributed by atoms with Crippen LogP contribution in [-0.4, -0.2) is 17.4 Å². The highest BCUT2D eigenvalue weighted by atomic mass is 32.1. The highest BCUT2D eigenvalue weighted by Crippen LogP contribution is 2.23. The number of hydrazone groups is 1. The first kappa shape index (κ1) is 15.0. The second kappa shape index (κ2) is 7.39. The monoisotopic (exact) mass is 289 g/mol. The summed E-state index contributed by atoms with van der Waals surface area (Å²) in [6.45, 7) is 4.36. The van der Waals surface area contributed by atoms with Crippen molar-refractivity contribution in [3.05, 3.63) is 35.4 Å². The number of hydrogen-bond donors (Lipinski definition) is 2. The predicted octanol–water partition coefficient (Wildman–Crippen LogP) is 3.37. The molecule has 0 heterocycles. The van der Waals surface area contributed by atoms with Crippen LogP contribution < -0.4 is 10.7 Å². The first-order valence-electron chi connectivity index (χ1n) is 7.31. The van der Waals surface area contributed by atoms with E-state index in [1.165, 1.54) is 31.2 Å². The summed E-state index contributed by atoms with van der Waals surface area (Å²) < 4.78 is 0. The zero-order valence-electron chi connectivity index (χ0n) is 12.2. The minimum absolute atomic E-state index is 0.485. The van der Waals surface area contributed by atoms with Gasteiger partial charge in [0.05, 0.1) is 6.21 Å². The Kier molecular flexibility index (Phi) is 5.53. The Morgan fingerprint density at radius 1 is 1.25 bits per heavy atom. The van der Waals surface area contributed by atoms with Crippen LogP contribution in [0.4, 0.5) is 0 Å². The summed E-state index contributed by atoms with van der Waals surface area (Å²) in [6.07, 6.45) is 6.90. The number of nitrogens with zero attached hydrogens (tertiary/aromatic N) is 1. The quantitative estimate of drug-likeness (QED) is 0.509.